The second-order valence-electron chi connectivity index (χ2n) is 4.40. The lowest BCUT2D eigenvalue weighted by atomic mass is 10.0. The zero-order valence-electron chi connectivity index (χ0n) is 10.6. The maximum atomic E-state index is 10.3. The number of aliphatic hydroxyl groups excluding tert-OH is 1. The van der Waals surface area contributed by atoms with Crippen molar-refractivity contribution in [1.82, 2.24) is 0 Å². The van der Waals surface area contributed by atoms with Crippen LogP contribution in [-0.4, -0.2) is 5.11 Å². The van der Waals surface area contributed by atoms with Crippen molar-refractivity contribution in [2.75, 3.05) is 0 Å². The molecule has 1 nitrogen and oxygen atoms in total. The van der Waals surface area contributed by atoms with Crippen molar-refractivity contribution in [2.24, 2.45) is 0 Å². The molecule has 1 aromatic carbocycles. The van der Waals surface area contributed by atoms with Gasteiger partial charge in [-0.2, -0.15) is 0 Å². The lowest BCUT2D eigenvalue weighted by molar-refractivity contribution is 0.178. The van der Waals surface area contributed by atoms with Crippen molar-refractivity contribution >= 4 is 22.9 Å². The Kier molecular flexibility index (Phi) is 4.44. The Bertz CT molecular complexity index is 533. The fourth-order valence-electron chi connectivity index (χ4n) is 2.01. The number of halogens is 1. The number of thiophene rings is 1. The van der Waals surface area contributed by atoms with E-state index in [0.29, 0.717) is 11.4 Å². The first kappa shape index (κ1) is 13.6. The second kappa shape index (κ2) is 5.87. The summed E-state index contributed by atoms with van der Waals surface area (Å²) >= 11 is 7.85. The Hall–Kier alpha value is -0.830. The van der Waals surface area contributed by atoms with E-state index in [2.05, 4.69) is 19.1 Å². The Morgan fingerprint density at radius 1 is 1.22 bits per heavy atom. The minimum atomic E-state index is -0.480. The van der Waals surface area contributed by atoms with E-state index in [4.69, 9.17) is 11.6 Å². The molecule has 1 N–H and O–H groups in total. The van der Waals surface area contributed by atoms with Crippen LogP contribution in [0.3, 0.4) is 0 Å². The van der Waals surface area contributed by atoms with Crippen LogP contribution in [0.5, 0.6) is 0 Å². The molecule has 96 valence electrons. The maximum Gasteiger partial charge on any atom is 0.0841 e. The first-order valence-electron chi connectivity index (χ1n) is 6.12. The molecule has 1 unspecified atom stereocenters. The Morgan fingerprint density at radius 3 is 2.61 bits per heavy atom. The molecular formula is C15H17ClOS. The highest BCUT2D eigenvalue weighted by Crippen LogP contribution is 2.28. The van der Waals surface area contributed by atoms with E-state index < -0.39 is 6.10 Å². The van der Waals surface area contributed by atoms with Crippen LogP contribution in [0.15, 0.2) is 30.3 Å². The minimum absolute atomic E-state index is 0.480. The van der Waals surface area contributed by atoms with Crippen LogP contribution in [0.1, 0.15) is 33.9 Å². The molecule has 0 saturated carbocycles. The summed E-state index contributed by atoms with van der Waals surface area (Å²) in [6.07, 6.45) is 1.23. The molecule has 0 bridgehead atoms. The van der Waals surface area contributed by atoms with Crippen molar-refractivity contribution in [2.45, 2.75) is 32.8 Å². The zero-order valence-corrected chi connectivity index (χ0v) is 12.2. The van der Waals surface area contributed by atoms with Gasteiger partial charge in [-0.25, -0.2) is 0 Å². The van der Waals surface area contributed by atoms with Gasteiger partial charge >= 0.3 is 0 Å². The van der Waals surface area contributed by atoms with Gasteiger partial charge in [0.05, 0.1) is 6.10 Å². The van der Waals surface area contributed by atoms with E-state index >= 15 is 0 Å². The zero-order chi connectivity index (χ0) is 13.1. The largest absolute Gasteiger partial charge is 0.388 e. The van der Waals surface area contributed by atoms with Crippen LogP contribution < -0.4 is 0 Å². The highest BCUT2D eigenvalue weighted by molar-refractivity contribution is 7.11. The van der Waals surface area contributed by atoms with E-state index in [1.54, 1.807) is 11.3 Å². The number of hydrogen-bond acceptors (Lipinski definition) is 2. The average molecular weight is 281 g/mol. The van der Waals surface area contributed by atoms with Gasteiger partial charge in [0.25, 0.3) is 0 Å². The standard InChI is InChI=1S/C15H17ClOS/c1-3-11-7-8-12(18-11)9-15(17)13-5-4-6-14(16)10(13)2/h4-8,15,17H,3,9H2,1-2H3. The normalized spacial score (nSPS) is 12.7. The van der Waals surface area contributed by atoms with Crippen molar-refractivity contribution in [3.63, 3.8) is 0 Å². The molecule has 0 saturated heterocycles. The maximum absolute atomic E-state index is 10.3. The van der Waals surface area contributed by atoms with E-state index in [1.165, 1.54) is 9.75 Å². The quantitative estimate of drug-likeness (QED) is 0.871. The molecule has 1 aromatic heterocycles. The predicted octanol–water partition coefficient (Wildman–Crippen LogP) is 4.55. The summed E-state index contributed by atoms with van der Waals surface area (Å²) in [7, 11) is 0. The molecule has 1 atom stereocenters. The van der Waals surface area contributed by atoms with Gasteiger partial charge in [0.2, 0.25) is 0 Å². The summed E-state index contributed by atoms with van der Waals surface area (Å²) in [6.45, 7) is 4.10. The topological polar surface area (TPSA) is 20.2 Å². The molecule has 2 aromatic rings. The molecule has 0 amide bonds. The molecule has 0 aliphatic heterocycles. The molecule has 0 fully saturated rings. The number of benzene rings is 1. The predicted molar refractivity (Wildman–Crippen MR) is 78.5 cm³/mol. The summed E-state index contributed by atoms with van der Waals surface area (Å²) in [4.78, 5) is 2.58. The van der Waals surface area contributed by atoms with E-state index in [1.807, 2.05) is 25.1 Å². The summed E-state index contributed by atoms with van der Waals surface area (Å²) in [5, 5.41) is 11.0. The van der Waals surface area contributed by atoms with Crippen molar-refractivity contribution in [1.29, 1.82) is 0 Å². The summed E-state index contributed by atoms with van der Waals surface area (Å²) in [5.74, 6) is 0. The van der Waals surface area contributed by atoms with Gasteiger partial charge in [-0.05, 0) is 42.7 Å². The molecule has 0 aliphatic carbocycles. The monoisotopic (exact) mass is 280 g/mol. The first-order valence-corrected chi connectivity index (χ1v) is 7.32. The molecule has 0 spiro atoms. The van der Waals surface area contributed by atoms with Crippen LogP contribution in [-0.2, 0) is 12.8 Å². The molecular weight excluding hydrogens is 264 g/mol. The summed E-state index contributed by atoms with van der Waals surface area (Å²) in [5.41, 5.74) is 1.90. The van der Waals surface area contributed by atoms with Gasteiger partial charge in [0, 0.05) is 21.2 Å². The summed E-state index contributed by atoms with van der Waals surface area (Å²) in [6, 6.07) is 9.93. The van der Waals surface area contributed by atoms with Crippen LogP contribution in [0, 0.1) is 6.92 Å². The highest BCUT2D eigenvalue weighted by Gasteiger charge is 2.13. The molecule has 0 aliphatic rings. The highest BCUT2D eigenvalue weighted by atomic mass is 35.5. The van der Waals surface area contributed by atoms with Crippen molar-refractivity contribution in [3.8, 4) is 0 Å². The van der Waals surface area contributed by atoms with E-state index in [0.717, 1.165) is 17.5 Å². The van der Waals surface area contributed by atoms with Crippen LogP contribution in [0.25, 0.3) is 0 Å². The van der Waals surface area contributed by atoms with Gasteiger partial charge in [-0.15, -0.1) is 11.3 Å². The van der Waals surface area contributed by atoms with E-state index in [9.17, 15) is 5.11 Å². The SMILES string of the molecule is CCc1ccc(CC(O)c2cccc(Cl)c2C)s1. The van der Waals surface area contributed by atoms with Gasteiger partial charge in [0.15, 0.2) is 0 Å². The molecule has 18 heavy (non-hydrogen) atoms. The number of aryl methyl sites for hydroxylation is 1. The van der Waals surface area contributed by atoms with Crippen LogP contribution in [0.2, 0.25) is 5.02 Å². The van der Waals surface area contributed by atoms with Crippen LogP contribution in [0.4, 0.5) is 0 Å². The van der Waals surface area contributed by atoms with Gasteiger partial charge in [0.1, 0.15) is 0 Å². The molecule has 0 radical (unpaired) electrons. The Balaban J connectivity index is 2.16. The fourth-order valence-corrected chi connectivity index (χ4v) is 3.18. The van der Waals surface area contributed by atoms with Crippen LogP contribution >= 0.6 is 22.9 Å². The smallest absolute Gasteiger partial charge is 0.0841 e. The molecule has 2 rings (SSSR count). The van der Waals surface area contributed by atoms with Gasteiger partial charge in [-0.3, -0.25) is 0 Å². The first-order chi connectivity index (χ1) is 8.61. The number of hydrogen-bond donors (Lipinski definition) is 1. The third-order valence-corrected chi connectivity index (χ3v) is 4.79. The lowest BCUT2D eigenvalue weighted by Gasteiger charge is -2.13. The molecule has 3 heteroatoms. The minimum Gasteiger partial charge on any atom is -0.388 e. The van der Waals surface area contributed by atoms with Gasteiger partial charge < -0.3 is 5.11 Å². The fraction of sp³-hybridized carbons (Fsp3) is 0.333. The summed E-state index contributed by atoms with van der Waals surface area (Å²) < 4.78 is 0. The third kappa shape index (κ3) is 2.94. The van der Waals surface area contributed by atoms with Crippen molar-refractivity contribution in [3.05, 3.63) is 56.2 Å². The Morgan fingerprint density at radius 2 is 1.94 bits per heavy atom. The second-order valence-corrected chi connectivity index (χ2v) is 6.06. The lowest BCUT2D eigenvalue weighted by Crippen LogP contribution is -2.03. The number of aliphatic hydroxyl groups is 1. The average Bonchev–Trinajstić information content (AvgIpc) is 2.80. The van der Waals surface area contributed by atoms with E-state index in [-0.39, 0.29) is 0 Å². The van der Waals surface area contributed by atoms with Crippen molar-refractivity contribution < 1.29 is 5.11 Å². The number of rotatable bonds is 4. The molecule has 1 heterocycles. The Labute approximate surface area is 117 Å². The third-order valence-electron chi connectivity index (χ3n) is 3.13. The van der Waals surface area contributed by atoms with Gasteiger partial charge in [-0.1, -0.05) is 30.7 Å².